The molecule has 15 heavy (non-hydrogen) atoms. The lowest BCUT2D eigenvalue weighted by Gasteiger charge is -2.22. The fourth-order valence-corrected chi connectivity index (χ4v) is 2.08. The van der Waals surface area contributed by atoms with E-state index in [1.165, 1.54) is 12.8 Å². The number of hydrogen-bond acceptors (Lipinski definition) is 2. The van der Waals surface area contributed by atoms with Crippen LogP contribution in [0.3, 0.4) is 0 Å². The molecule has 3 N–H and O–H groups in total. The molecule has 4 heteroatoms. The summed E-state index contributed by atoms with van der Waals surface area (Å²) in [5, 5.41) is 15.6. The Morgan fingerprint density at radius 3 is 2.53 bits per heavy atom. The van der Waals surface area contributed by atoms with E-state index in [0.717, 1.165) is 32.2 Å². The quantitative estimate of drug-likeness (QED) is 0.651. The highest BCUT2D eigenvalue weighted by Gasteiger charge is 2.31. The molecule has 2 aliphatic carbocycles. The molecule has 0 heterocycles. The third kappa shape index (κ3) is 3.38. The monoisotopic (exact) mass is 212 g/mol. The second-order valence-corrected chi connectivity index (χ2v) is 4.94. The van der Waals surface area contributed by atoms with Gasteiger partial charge < -0.3 is 15.7 Å². The van der Waals surface area contributed by atoms with Crippen LogP contribution in [0.2, 0.25) is 0 Å². The molecule has 4 nitrogen and oxygen atoms in total. The van der Waals surface area contributed by atoms with Gasteiger partial charge in [-0.3, -0.25) is 0 Å². The molecule has 0 unspecified atom stereocenters. The van der Waals surface area contributed by atoms with Crippen LogP contribution in [0.15, 0.2) is 0 Å². The average molecular weight is 212 g/mol. The van der Waals surface area contributed by atoms with Crippen LogP contribution in [-0.2, 0) is 0 Å². The van der Waals surface area contributed by atoms with Crippen LogP contribution in [0.4, 0.5) is 4.79 Å². The fraction of sp³-hybridized carbons (Fsp3) is 0.909. The number of rotatable bonds is 4. The topological polar surface area (TPSA) is 61.4 Å². The molecule has 0 aliphatic heterocycles. The van der Waals surface area contributed by atoms with E-state index in [2.05, 4.69) is 10.6 Å². The highest BCUT2D eigenvalue weighted by molar-refractivity contribution is 5.73. The Morgan fingerprint density at radius 1 is 1.27 bits per heavy atom. The van der Waals surface area contributed by atoms with Crippen LogP contribution in [0, 0.1) is 5.92 Å². The van der Waals surface area contributed by atoms with Gasteiger partial charge in [0.15, 0.2) is 0 Å². The minimum Gasteiger partial charge on any atom is -0.388 e. The summed E-state index contributed by atoms with van der Waals surface area (Å²) in [6.07, 6.45) is 6.25. The second kappa shape index (κ2) is 4.39. The van der Waals surface area contributed by atoms with E-state index in [-0.39, 0.29) is 6.03 Å². The maximum atomic E-state index is 11.3. The number of urea groups is 1. The number of amides is 2. The van der Waals surface area contributed by atoms with Gasteiger partial charge in [0.2, 0.25) is 0 Å². The molecular formula is C11H20N2O2. The molecule has 0 atom stereocenters. The van der Waals surface area contributed by atoms with Crippen molar-refractivity contribution in [3.05, 3.63) is 0 Å². The fourth-order valence-electron chi connectivity index (χ4n) is 2.08. The second-order valence-electron chi connectivity index (χ2n) is 4.94. The smallest absolute Gasteiger partial charge is 0.314 e. The number of hydrogen-bond donors (Lipinski definition) is 3. The maximum absolute atomic E-state index is 11.3. The first kappa shape index (κ1) is 10.7. The van der Waals surface area contributed by atoms with Gasteiger partial charge >= 0.3 is 6.03 Å². The Balaban J connectivity index is 1.60. The summed E-state index contributed by atoms with van der Waals surface area (Å²) < 4.78 is 0. The molecule has 0 bridgehead atoms. The largest absolute Gasteiger partial charge is 0.388 e. The third-order valence-corrected chi connectivity index (χ3v) is 3.36. The molecule has 2 fully saturated rings. The van der Waals surface area contributed by atoms with Gasteiger partial charge in [-0.15, -0.1) is 0 Å². The van der Waals surface area contributed by atoms with Crippen molar-refractivity contribution in [2.45, 2.75) is 44.1 Å². The molecule has 0 aromatic rings. The van der Waals surface area contributed by atoms with Crippen molar-refractivity contribution in [2.24, 2.45) is 5.92 Å². The summed E-state index contributed by atoms with van der Waals surface area (Å²) in [6.45, 7) is 1.17. The average Bonchev–Trinajstić information content (AvgIpc) is 2.95. The van der Waals surface area contributed by atoms with Gasteiger partial charge in [0.1, 0.15) is 0 Å². The standard InChI is InChI=1S/C11H20N2O2/c14-10(12-7-9-3-4-9)13-8-11(15)5-1-2-6-11/h9,15H,1-8H2,(H2,12,13,14). The van der Waals surface area contributed by atoms with Crippen molar-refractivity contribution in [3.8, 4) is 0 Å². The van der Waals surface area contributed by atoms with Crippen molar-refractivity contribution in [1.82, 2.24) is 10.6 Å². The SMILES string of the molecule is O=C(NCC1CC1)NCC1(O)CCCC1. The van der Waals surface area contributed by atoms with Crippen LogP contribution < -0.4 is 10.6 Å². The minimum absolute atomic E-state index is 0.137. The van der Waals surface area contributed by atoms with Gasteiger partial charge in [0.25, 0.3) is 0 Å². The Labute approximate surface area is 90.4 Å². The van der Waals surface area contributed by atoms with E-state index in [1.807, 2.05) is 0 Å². The van der Waals surface area contributed by atoms with Gasteiger partial charge in [0, 0.05) is 13.1 Å². The van der Waals surface area contributed by atoms with Crippen LogP contribution in [0.1, 0.15) is 38.5 Å². The van der Waals surface area contributed by atoms with Gasteiger partial charge in [-0.1, -0.05) is 12.8 Å². The summed E-state index contributed by atoms with van der Waals surface area (Å²) in [7, 11) is 0. The summed E-state index contributed by atoms with van der Waals surface area (Å²) in [6, 6.07) is -0.137. The highest BCUT2D eigenvalue weighted by Crippen LogP contribution is 2.29. The molecule has 2 rings (SSSR count). The predicted octanol–water partition coefficient (Wildman–Crippen LogP) is 1.00. The lowest BCUT2D eigenvalue weighted by atomic mass is 10.0. The molecular weight excluding hydrogens is 192 g/mol. The zero-order valence-corrected chi connectivity index (χ0v) is 9.09. The zero-order valence-electron chi connectivity index (χ0n) is 9.09. The predicted molar refractivity (Wildman–Crippen MR) is 57.5 cm³/mol. The minimum atomic E-state index is -0.642. The van der Waals surface area contributed by atoms with Crippen LogP contribution in [0.25, 0.3) is 0 Å². The lowest BCUT2D eigenvalue weighted by molar-refractivity contribution is 0.0501. The summed E-state index contributed by atoms with van der Waals surface area (Å²) >= 11 is 0. The number of carbonyl (C=O) groups excluding carboxylic acids is 1. The molecule has 0 aromatic carbocycles. The van der Waals surface area contributed by atoms with E-state index in [9.17, 15) is 9.90 Å². The van der Waals surface area contributed by atoms with Gasteiger partial charge in [-0.2, -0.15) is 0 Å². The maximum Gasteiger partial charge on any atom is 0.314 e. The molecule has 0 radical (unpaired) electrons. The Bertz CT molecular complexity index is 233. The van der Waals surface area contributed by atoms with Crippen molar-refractivity contribution in [1.29, 1.82) is 0 Å². The van der Waals surface area contributed by atoms with Gasteiger partial charge in [-0.05, 0) is 31.6 Å². The van der Waals surface area contributed by atoms with E-state index in [0.29, 0.717) is 12.5 Å². The summed E-state index contributed by atoms with van der Waals surface area (Å²) in [4.78, 5) is 11.3. The van der Waals surface area contributed by atoms with Gasteiger partial charge in [-0.25, -0.2) is 4.79 Å². The van der Waals surface area contributed by atoms with E-state index >= 15 is 0 Å². The Morgan fingerprint density at radius 2 is 1.93 bits per heavy atom. The number of aliphatic hydroxyl groups is 1. The number of carbonyl (C=O) groups is 1. The first-order chi connectivity index (χ1) is 7.18. The Kier molecular flexibility index (Phi) is 3.14. The van der Waals surface area contributed by atoms with E-state index < -0.39 is 5.60 Å². The molecule has 0 saturated heterocycles. The van der Waals surface area contributed by atoms with Crippen LogP contribution in [-0.4, -0.2) is 29.8 Å². The molecule has 0 spiro atoms. The molecule has 2 aliphatic rings. The Hall–Kier alpha value is -0.770. The summed E-state index contributed by atoms with van der Waals surface area (Å²) in [5.74, 6) is 0.699. The number of nitrogens with one attached hydrogen (secondary N) is 2. The molecule has 0 aromatic heterocycles. The van der Waals surface area contributed by atoms with Crippen molar-refractivity contribution >= 4 is 6.03 Å². The molecule has 2 saturated carbocycles. The molecule has 2 amide bonds. The van der Waals surface area contributed by atoms with E-state index in [4.69, 9.17) is 0 Å². The van der Waals surface area contributed by atoms with Crippen molar-refractivity contribution < 1.29 is 9.90 Å². The van der Waals surface area contributed by atoms with Crippen LogP contribution >= 0.6 is 0 Å². The van der Waals surface area contributed by atoms with Crippen molar-refractivity contribution in [2.75, 3.05) is 13.1 Å². The normalized spacial score (nSPS) is 23.8. The first-order valence-electron chi connectivity index (χ1n) is 5.92. The highest BCUT2D eigenvalue weighted by atomic mass is 16.3. The van der Waals surface area contributed by atoms with E-state index in [1.54, 1.807) is 0 Å². The third-order valence-electron chi connectivity index (χ3n) is 3.36. The molecule has 86 valence electrons. The summed E-state index contributed by atoms with van der Waals surface area (Å²) in [5.41, 5.74) is -0.642. The van der Waals surface area contributed by atoms with Gasteiger partial charge in [0.05, 0.1) is 5.60 Å². The van der Waals surface area contributed by atoms with Crippen molar-refractivity contribution in [3.63, 3.8) is 0 Å². The lowest BCUT2D eigenvalue weighted by Crippen LogP contribution is -2.45. The zero-order chi connectivity index (χ0) is 10.7. The van der Waals surface area contributed by atoms with Crippen LogP contribution in [0.5, 0.6) is 0 Å². The first-order valence-corrected chi connectivity index (χ1v) is 5.92.